The highest BCUT2D eigenvalue weighted by Crippen LogP contribution is 2.18. The molecule has 0 saturated carbocycles. The molecule has 112 valence electrons. The van der Waals surface area contributed by atoms with Gasteiger partial charge in [-0.1, -0.05) is 6.07 Å². The largest absolute Gasteiger partial charge is 0.355 e. The molecule has 1 aliphatic heterocycles. The number of hydrogen-bond donors (Lipinski definition) is 1. The zero-order valence-electron chi connectivity index (χ0n) is 13.0. The van der Waals surface area contributed by atoms with Gasteiger partial charge in [0.1, 0.15) is 5.82 Å². The van der Waals surface area contributed by atoms with Gasteiger partial charge in [-0.2, -0.15) is 5.10 Å². The zero-order valence-corrected chi connectivity index (χ0v) is 13.0. The highest BCUT2D eigenvalue weighted by molar-refractivity contribution is 5.39. The number of hydrogen-bond acceptors (Lipinski definition) is 4. The fraction of sp³-hybridized carbons (Fsp3) is 0.500. The summed E-state index contributed by atoms with van der Waals surface area (Å²) in [6.07, 6.45) is 3.02. The Kier molecular flexibility index (Phi) is 3.92. The number of anilines is 1. The molecule has 5 nitrogen and oxygen atoms in total. The molecule has 5 heteroatoms. The third kappa shape index (κ3) is 2.93. The standard InChI is InChI=1S/C16H23N5/c1-12-15(13(2)20(3)19-12)10-18-14-7-9-21(11-14)16-6-4-5-8-17-16/h4-6,8,14,18H,7,9-11H2,1-3H3. The van der Waals surface area contributed by atoms with Crippen molar-refractivity contribution < 1.29 is 0 Å². The quantitative estimate of drug-likeness (QED) is 0.930. The van der Waals surface area contributed by atoms with Crippen LogP contribution in [0, 0.1) is 13.8 Å². The molecule has 1 unspecified atom stereocenters. The first-order chi connectivity index (χ1) is 10.1. The van der Waals surface area contributed by atoms with Gasteiger partial charge in [-0.15, -0.1) is 0 Å². The average molecular weight is 285 g/mol. The van der Waals surface area contributed by atoms with Crippen LogP contribution in [0.4, 0.5) is 5.82 Å². The van der Waals surface area contributed by atoms with Crippen LogP contribution in [-0.2, 0) is 13.6 Å². The molecular formula is C16H23N5. The van der Waals surface area contributed by atoms with Crippen molar-refractivity contribution in [3.63, 3.8) is 0 Å². The second kappa shape index (κ2) is 5.85. The summed E-state index contributed by atoms with van der Waals surface area (Å²) < 4.78 is 1.96. The first-order valence-electron chi connectivity index (χ1n) is 7.53. The second-order valence-corrected chi connectivity index (χ2v) is 5.77. The number of aryl methyl sites for hydroxylation is 2. The van der Waals surface area contributed by atoms with Gasteiger partial charge in [0.25, 0.3) is 0 Å². The second-order valence-electron chi connectivity index (χ2n) is 5.77. The van der Waals surface area contributed by atoms with Crippen molar-refractivity contribution >= 4 is 5.82 Å². The molecule has 0 spiro atoms. The summed E-state index contributed by atoms with van der Waals surface area (Å²) >= 11 is 0. The predicted molar refractivity (Wildman–Crippen MR) is 84.4 cm³/mol. The van der Waals surface area contributed by atoms with E-state index in [0.29, 0.717) is 6.04 Å². The van der Waals surface area contributed by atoms with E-state index in [-0.39, 0.29) is 0 Å². The number of rotatable bonds is 4. The number of aromatic nitrogens is 3. The molecule has 2 aromatic heterocycles. The summed E-state index contributed by atoms with van der Waals surface area (Å²) in [6, 6.07) is 6.61. The van der Waals surface area contributed by atoms with Crippen LogP contribution in [-0.4, -0.2) is 33.9 Å². The minimum Gasteiger partial charge on any atom is -0.355 e. The lowest BCUT2D eigenvalue weighted by Crippen LogP contribution is -2.32. The number of nitrogens with zero attached hydrogens (tertiary/aromatic N) is 4. The Morgan fingerprint density at radius 2 is 2.19 bits per heavy atom. The van der Waals surface area contributed by atoms with E-state index in [1.54, 1.807) is 0 Å². The SMILES string of the molecule is Cc1nn(C)c(C)c1CNC1CCN(c2ccccn2)C1. The topological polar surface area (TPSA) is 46.0 Å². The maximum Gasteiger partial charge on any atom is 0.128 e. The molecule has 1 fully saturated rings. The fourth-order valence-corrected chi connectivity index (χ4v) is 3.00. The van der Waals surface area contributed by atoms with E-state index < -0.39 is 0 Å². The molecule has 3 rings (SSSR count). The minimum absolute atomic E-state index is 0.519. The van der Waals surface area contributed by atoms with Crippen LogP contribution < -0.4 is 10.2 Å². The van der Waals surface area contributed by atoms with Gasteiger partial charge in [0.05, 0.1) is 5.69 Å². The van der Waals surface area contributed by atoms with E-state index in [4.69, 9.17) is 0 Å². The lowest BCUT2D eigenvalue weighted by Gasteiger charge is -2.17. The molecule has 0 bridgehead atoms. The normalized spacial score (nSPS) is 18.4. The Labute approximate surface area is 126 Å². The van der Waals surface area contributed by atoms with Gasteiger partial charge in [-0.3, -0.25) is 4.68 Å². The number of nitrogens with one attached hydrogen (secondary N) is 1. The molecule has 1 N–H and O–H groups in total. The molecule has 0 aromatic carbocycles. The van der Waals surface area contributed by atoms with Crippen LogP contribution in [0.1, 0.15) is 23.4 Å². The maximum absolute atomic E-state index is 4.47. The third-order valence-corrected chi connectivity index (χ3v) is 4.39. The lowest BCUT2D eigenvalue weighted by molar-refractivity contribution is 0.549. The monoisotopic (exact) mass is 285 g/mol. The Balaban J connectivity index is 1.58. The van der Waals surface area contributed by atoms with Gasteiger partial charge in [0.15, 0.2) is 0 Å². The highest BCUT2D eigenvalue weighted by Gasteiger charge is 2.23. The van der Waals surface area contributed by atoms with Crippen LogP contribution in [0.2, 0.25) is 0 Å². The molecular weight excluding hydrogens is 262 g/mol. The summed E-state index contributed by atoms with van der Waals surface area (Å²) in [7, 11) is 2.00. The van der Waals surface area contributed by atoms with E-state index >= 15 is 0 Å². The summed E-state index contributed by atoms with van der Waals surface area (Å²) in [5, 5.41) is 8.14. The maximum atomic E-state index is 4.47. The average Bonchev–Trinajstić information content (AvgIpc) is 3.05. The molecule has 1 aliphatic rings. The summed E-state index contributed by atoms with van der Waals surface area (Å²) in [6.45, 7) is 7.20. The van der Waals surface area contributed by atoms with Gasteiger partial charge in [-0.05, 0) is 32.4 Å². The van der Waals surface area contributed by atoms with Crippen molar-refractivity contribution in [2.24, 2.45) is 7.05 Å². The molecule has 0 amide bonds. The van der Waals surface area contributed by atoms with Crippen LogP contribution in [0.5, 0.6) is 0 Å². The zero-order chi connectivity index (χ0) is 14.8. The first-order valence-corrected chi connectivity index (χ1v) is 7.53. The van der Waals surface area contributed by atoms with Crippen molar-refractivity contribution in [2.45, 2.75) is 32.9 Å². The van der Waals surface area contributed by atoms with Crippen molar-refractivity contribution in [2.75, 3.05) is 18.0 Å². The fourth-order valence-electron chi connectivity index (χ4n) is 3.00. The molecule has 3 heterocycles. The van der Waals surface area contributed by atoms with Crippen molar-refractivity contribution in [1.29, 1.82) is 0 Å². The summed E-state index contributed by atoms with van der Waals surface area (Å²) in [4.78, 5) is 6.78. The van der Waals surface area contributed by atoms with Crippen LogP contribution in [0.3, 0.4) is 0 Å². The van der Waals surface area contributed by atoms with Gasteiger partial charge < -0.3 is 10.2 Å². The Hall–Kier alpha value is -1.88. The van der Waals surface area contributed by atoms with Crippen LogP contribution >= 0.6 is 0 Å². The smallest absolute Gasteiger partial charge is 0.128 e. The summed E-state index contributed by atoms with van der Waals surface area (Å²) in [5.74, 6) is 1.08. The molecule has 2 aromatic rings. The molecule has 1 saturated heterocycles. The van der Waals surface area contributed by atoms with E-state index in [9.17, 15) is 0 Å². The van der Waals surface area contributed by atoms with E-state index in [1.165, 1.54) is 11.3 Å². The summed E-state index contributed by atoms with van der Waals surface area (Å²) in [5.41, 5.74) is 3.70. The van der Waals surface area contributed by atoms with E-state index in [2.05, 4.69) is 40.2 Å². The Morgan fingerprint density at radius 1 is 1.33 bits per heavy atom. The molecule has 0 radical (unpaired) electrons. The number of pyridine rings is 1. The van der Waals surface area contributed by atoms with Gasteiger partial charge >= 0.3 is 0 Å². The van der Waals surface area contributed by atoms with Crippen LogP contribution in [0.15, 0.2) is 24.4 Å². The van der Waals surface area contributed by atoms with E-state index in [1.807, 2.05) is 30.1 Å². The Bertz CT molecular complexity index is 605. The Morgan fingerprint density at radius 3 is 2.86 bits per heavy atom. The van der Waals surface area contributed by atoms with Crippen LogP contribution in [0.25, 0.3) is 0 Å². The molecule has 1 atom stereocenters. The minimum atomic E-state index is 0.519. The van der Waals surface area contributed by atoms with Gasteiger partial charge in [0.2, 0.25) is 0 Å². The van der Waals surface area contributed by atoms with Gasteiger partial charge in [0, 0.05) is 50.2 Å². The third-order valence-electron chi connectivity index (χ3n) is 4.39. The molecule has 0 aliphatic carbocycles. The van der Waals surface area contributed by atoms with Crippen molar-refractivity contribution in [3.05, 3.63) is 41.3 Å². The predicted octanol–water partition coefficient (Wildman–Crippen LogP) is 1.80. The molecule has 21 heavy (non-hydrogen) atoms. The van der Waals surface area contributed by atoms with Crippen molar-refractivity contribution in [1.82, 2.24) is 20.1 Å². The van der Waals surface area contributed by atoms with Gasteiger partial charge in [-0.25, -0.2) is 4.98 Å². The van der Waals surface area contributed by atoms with Crippen molar-refractivity contribution in [3.8, 4) is 0 Å². The van der Waals surface area contributed by atoms with E-state index in [0.717, 1.165) is 37.6 Å². The lowest BCUT2D eigenvalue weighted by atomic mass is 10.2. The first kappa shape index (κ1) is 14.1. The highest BCUT2D eigenvalue weighted by atomic mass is 15.3.